The number of carboxylic acids is 1. The Labute approximate surface area is 146 Å². The summed E-state index contributed by atoms with van der Waals surface area (Å²) in [4.78, 5) is 42.5. The van der Waals surface area contributed by atoms with Gasteiger partial charge < -0.3 is 23.8 Å². The van der Waals surface area contributed by atoms with Crippen LogP contribution in [0.15, 0.2) is 32.4 Å². The normalized spacial score (nSPS) is 14.0. The van der Waals surface area contributed by atoms with Crippen LogP contribution in [0.3, 0.4) is 0 Å². The maximum Gasteiger partial charge on any atom is 0.332 e. The molecule has 0 atom stereocenters. The zero-order valence-corrected chi connectivity index (χ0v) is 14.0. The van der Waals surface area contributed by atoms with E-state index in [1.807, 2.05) is 11.0 Å². The van der Waals surface area contributed by atoms with Crippen LogP contribution in [0.2, 0.25) is 0 Å². The number of aliphatic carboxylic acids is 1. The van der Waals surface area contributed by atoms with Crippen LogP contribution in [-0.4, -0.2) is 31.2 Å². The second-order valence-electron chi connectivity index (χ2n) is 6.20. The number of hydrogen-bond acceptors (Lipinski definition) is 7. The number of carbonyl (C=O) groups excluding carboxylic acids is 1. The predicted molar refractivity (Wildman–Crippen MR) is 88.6 cm³/mol. The Balaban J connectivity index is 1.91. The van der Waals surface area contributed by atoms with Crippen LogP contribution in [0.4, 0.5) is 5.95 Å². The number of nitrogens with zero attached hydrogens (tertiary/aromatic N) is 5. The molecule has 3 aromatic heterocycles. The van der Waals surface area contributed by atoms with Crippen molar-refractivity contribution in [3.63, 3.8) is 0 Å². The average molecular weight is 358 g/mol. The van der Waals surface area contributed by atoms with Crippen molar-refractivity contribution in [2.45, 2.75) is 26.1 Å². The van der Waals surface area contributed by atoms with Crippen molar-refractivity contribution in [3.8, 4) is 0 Å². The molecule has 1 aliphatic rings. The molecular weight excluding hydrogens is 342 g/mol. The van der Waals surface area contributed by atoms with Crippen molar-refractivity contribution in [2.24, 2.45) is 7.05 Å². The molecule has 0 radical (unpaired) electrons. The number of anilines is 1. The molecule has 26 heavy (non-hydrogen) atoms. The van der Waals surface area contributed by atoms with E-state index in [4.69, 9.17) is 4.42 Å². The van der Waals surface area contributed by atoms with Crippen molar-refractivity contribution in [2.75, 3.05) is 11.4 Å². The number of carboxylic acid groups (broad SMARTS) is 1. The third-order valence-electron chi connectivity index (χ3n) is 4.52. The van der Waals surface area contributed by atoms with Crippen LogP contribution >= 0.6 is 0 Å². The molecule has 0 spiro atoms. The molecule has 136 valence electrons. The van der Waals surface area contributed by atoms with Gasteiger partial charge in [-0.3, -0.25) is 13.9 Å². The Morgan fingerprint density at radius 1 is 1.35 bits per heavy atom. The average Bonchev–Trinajstić information content (AvgIpc) is 3.24. The first kappa shape index (κ1) is 16.2. The minimum atomic E-state index is -1.50. The number of carbonyl (C=O) groups is 1. The van der Waals surface area contributed by atoms with Gasteiger partial charge in [0.05, 0.1) is 25.3 Å². The molecule has 4 heterocycles. The van der Waals surface area contributed by atoms with Crippen LogP contribution in [0.5, 0.6) is 0 Å². The van der Waals surface area contributed by atoms with Gasteiger partial charge in [-0.1, -0.05) is 0 Å². The molecule has 0 aliphatic carbocycles. The second kappa shape index (κ2) is 5.90. The maximum absolute atomic E-state index is 12.8. The molecule has 1 aliphatic heterocycles. The lowest BCUT2D eigenvalue weighted by Gasteiger charge is -2.28. The number of rotatable bonds is 4. The monoisotopic (exact) mass is 358 g/mol. The summed E-state index contributed by atoms with van der Waals surface area (Å²) < 4.78 is 8.97. The van der Waals surface area contributed by atoms with Crippen molar-refractivity contribution in [3.05, 3.63) is 45.0 Å². The topological polar surface area (TPSA) is 118 Å². The summed E-state index contributed by atoms with van der Waals surface area (Å²) in [6.45, 7) is 0.972. The highest BCUT2D eigenvalue weighted by Gasteiger charge is 2.26. The fourth-order valence-corrected chi connectivity index (χ4v) is 3.34. The molecule has 4 rings (SSSR count). The lowest BCUT2D eigenvalue weighted by atomic mass is 10.3. The summed E-state index contributed by atoms with van der Waals surface area (Å²) in [7, 11) is 1.46. The second-order valence-corrected chi connectivity index (χ2v) is 6.20. The van der Waals surface area contributed by atoms with Gasteiger partial charge in [0.15, 0.2) is 11.2 Å². The first-order chi connectivity index (χ1) is 12.5. The van der Waals surface area contributed by atoms with Gasteiger partial charge in [0.1, 0.15) is 5.76 Å². The van der Waals surface area contributed by atoms with Crippen molar-refractivity contribution in [1.29, 1.82) is 0 Å². The SMILES string of the molecule is Cn1c(=O)n(CC(=O)[O-])c(=O)c2c1nc1n2CCCN1Cc1ccco1. The predicted octanol–water partition coefficient (Wildman–Crippen LogP) is -1.35. The van der Waals surface area contributed by atoms with Gasteiger partial charge in [0, 0.05) is 20.1 Å². The number of aromatic nitrogens is 4. The summed E-state index contributed by atoms with van der Waals surface area (Å²) in [5, 5.41) is 10.9. The van der Waals surface area contributed by atoms with Gasteiger partial charge in [-0.25, -0.2) is 4.79 Å². The highest BCUT2D eigenvalue weighted by atomic mass is 16.4. The zero-order chi connectivity index (χ0) is 18.4. The summed E-state index contributed by atoms with van der Waals surface area (Å²) in [6.07, 6.45) is 2.37. The van der Waals surface area contributed by atoms with Crippen molar-refractivity contribution in [1.82, 2.24) is 18.7 Å². The van der Waals surface area contributed by atoms with Crippen molar-refractivity contribution < 1.29 is 14.3 Å². The Morgan fingerprint density at radius 3 is 2.85 bits per heavy atom. The van der Waals surface area contributed by atoms with E-state index in [0.29, 0.717) is 23.6 Å². The smallest absolute Gasteiger partial charge is 0.332 e. The molecule has 0 fully saturated rings. The Hall–Kier alpha value is -3.30. The number of fused-ring (bicyclic) bond motifs is 3. The van der Waals surface area contributed by atoms with E-state index >= 15 is 0 Å². The molecule has 0 amide bonds. The van der Waals surface area contributed by atoms with E-state index in [1.165, 1.54) is 11.6 Å². The van der Waals surface area contributed by atoms with Gasteiger partial charge in [-0.05, 0) is 18.6 Å². The zero-order valence-electron chi connectivity index (χ0n) is 14.0. The molecule has 3 aromatic rings. The number of aryl methyl sites for hydroxylation is 2. The third kappa shape index (κ3) is 2.41. The summed E-state index contributed by atoms with van der Waals surface area (Å²) in [5.41, 5.74) is -0.964. The molecule has 0 bridgehead atoms. The van der Waals surface area contributed by atoms with E-state index in [1.54, 1.807) is 16.9 Å². The van der Waals surface area contributed by atoms with Gasteiger partial charge in [-0.15, -0.1) is 0 Å². The molecule has 0 unspecified atom stereocenters. The largest absolute Gasteiger partial charge is 0.548 e. The molecular formula is C16H16N5O5-. The van der Waals surface area contributed by atoms with E-state index in [2.05, 4.69) is 4.98 Å². The van der Waals surface area contributed by atoms with Crippen LogP contribution in [-0.2, 0) is 31.5 Å². The van der Waals surface area contributed by atoms with Gasteiger partial charge >= 0.3 is 5.69 Å². The van der Waals surface area contributed by atoms with Crippen LogP contribution in [0.1, 0.15) is 12.2 Å². The molecule has 0 N–H and O–H groups in total. The first-order valence-electron chi connectivity index (χ1n) is 8.14. The summed E-state index contributed by atoms with van der Waals surface area (Å²) in [5.74, 6) is -0.184. The van der Waals surface area contributed by atoms with E-state index in [9.17, 15) is 19.5 Å². The molecule has 0 saturated heterocycles. The summed E-state index contributed by atoms with van der Waals surface area (Å²) in [6, 6.07) is 3.65. The number of imidazole rings is 1. The fraction of sp³-hybridized carbons (Fsp3) is 0.375. The van der Waals surface area contributed by atoms with E-state index in [0.717, 1.165) is 18.7 Å². The van der Waals surface area contributed by atoms with E-state index in [-0.39, 0.29) is 11.2 Å². The van der Waals surface area contributed by atoms with Crippen molar-refractivity contribution >= 4 is 23.1 Å². The Bertz CT molecular complexity index is 1100. The molecule has 0 aromatic carbocycles. The molecule has 10 nitrogen and oxygen atoms in total. The number of hydrogen-bond donors (Lipinski definition) is 0. The van der Waals surface area contributed by atoms with Gasteiger partial charge in [0.2, 0.25) is 5.95 Å². The van der Waals surface area contributed by atoms with E-state index < -0.39 is 23.8 Å². The van der Waals surface area contributed by atoms with Crippen LogP contribution < -0.4 is 21.3 Å². The maximum atomic E-state index is 12.8. The minimum absolute atomic E-state index is 0.215. The Morgan fingerprint density at radius 2 is 2.15 bits per heavy atom. The molecule has 10 heteroatoms. The highest BCUT2D eigenvalue weighted by molar-refractivity contribution is 5.75. The Kier molecular flexibility index (Phi) is 3.67. The number of furan rings is 1. The van der Waals surface area contributed by atoms with Gasteiger partial charge in [0.25, 0.3) is 5.56 Å². The minimum Gasteiger partial charge on any atom is -0.548 e. The fourth-order valence-electron chi connectivity index (χ4n) is 3.34. The quantitative estimate of drug-likeness (QED) is 0.566. The summed E-state index contributed by atoms with van der Waals surface area (Å²) >= 11 is 0. The lowest BCUT2D eigenvalue weighted by molar-refractivity contribution is -0.306. The lowest BCUT2D eigenvalue weighted by Crippen LogP contribution is -2.44. The first-order valence-corrected chi connectivity index (χ1v) is 8.14. The van der Waals surface area contributed by atoms with Crippen LogP contribution in [0.25, 0.3) is 11.2 Å². The van der Waals surface area contributed by atoms with Gasteiger partial charge in [-0.2, -0.15) is 4.98 Å². The molecule has 0 saturated carbocycles. The third-order valence-corrected chi connectivity index (χ3v) is 4.52. The van der Waals surface area contributed by atoms with Crippen LogP contribution in [0, 0.1) is 0 Å². The standard InChI is InChI=1S/C16H17N5O5/c1-18-13-12(14(24)21(16(18)25)9-11(22)23)20-6-3-5-19(15(20)17-13)8-10-4-2-7-26-10/h2,4,7H,3,5-6,8-9H2,1H3,(H,22,23)/p-1. The highest BCUT2D eigenvalue weighted by Crippen LogP contribution is 2.25.